The topological polar surface area (TPSA) is 56.2 Å². The van der Waals surface area contributed by atoms with Gasteiger partial charge in [0.05, 0.1) is 0 Å². The smallest absolute Gasteiger partial charge is 0.155 e. The molecule has 4 nitrogen and oxygen atoms in total. The summed E-state index contributed by atoms with van der Waals surface area (Å²) in [5.74, 6) is 0.904. The minimum atomic E-state index is 0.548. The summed E-state index contributed by atoms with van der Waals surface area (Å²) in [6.07, 6.45) is 3.91. The molecule has 0 aliphatic rings. The van der Waals surface area contributed by atoms with Gasteiger partial charge in [-0.25, -0.2) is 9.50 Å². The van der Waals surface area contributed by atoms with Gasteiger partial charge in [-0.1, -0.05) is 6.92 Å². The van der Waals surface area contributed by atoms with Gasteiger partial charge in [0.25, 0.3) is 0 Å². The summed E-state index contributed by atoms with van der Waals surface area (Å²) in [7, 11) is 0. The van der Waals surface area contributed by atoms with Crippen LogP contribution < -0.4 is 5.73 Å². The predicted octanol–water partition coefficient (Wildman–Crippen LogP) is 1.14. The first-order valence-electron chi connectivity index (χ1n) is 4.87. The Morgan fingerprint density at radius 2 is 2.36 bits per heavy atom. The Hall–Kier alpha value is -1.42. The van der Waals surface area contributed by atoms with E-state index in [9.17, 15) is 0 Å². The number of hydrogen-bond donors (Lipinski definition) is 1. The number of aromatic nitrogens is 3. The zero-order chi connectivity index (χ0) is 9.97. The summed E-state index contributed by atoms with van der Waals surface area (Å²) >= 11 is 0. The Labute approximate surface area is 82.8 Å². The van der Waals surface area contributed by atoms with E-state index in [0.29, 0.717) is 6.54 Å². The average Bonchev–Trinajstić information content (AvgIpc) is 2.59. The predicted molar refractivity (Wildman–Crippen MR) is 54.9 cm³/mol. The first-order valence-corrected chi connectivity index (χ1v) is 4.87. The maximum atomic E-state index is 5.55. The standard InChI is InChI=1S/C10H14N4/c1-2-3-9-12-10-6-8(7-11)4-5-14(10)13-9/h4-6H,2-3,7,11H2,1H3. The highest BCUT2D eigenvalue weighted by molar-refractivity contribution is 5.40. The van der Waals surface area contributed by atoms with Crippen LogP contribution in [0.5, 0.6) is 0 Å². The van der Waals surface area contributed by atoms with Gasteiger partial charge in [-0.05, 0) is 24.1 Å². The molecular formula is C10H14N4. The van der Waals surface area contributed by atoms with E-state index >= 15 is 0 Å². The van der Waals surface area contributed by atoms with Crippen molar-refractivity contribution < 1.29 is 0 Å². The Kier molecular flexibility index (Phi) is 2.45. The summed E-state index contributed by atoms with van der Waals surface area (Å²) in [6, 6.07) is 3.95. The van der Waals surface area contributed by atoms with Crippen molar-refractivity contribution in [3.63, 3.8) is 0 Å². The molecule has 2 rings (SSSR count). The van der Waals surface area contributed by atoms with Crippen molar-refractivity contribution in [2.45, 2.75) is 26.3 Å². The normalized spacial score (nSPS) is 11.0. The SMILES string of the molecule is CCCc1nc2cc(CN)ccn2n1. The molecule has 2 heterocycles. The third-order valence-electron chi connectivity index (χ3n) is 2.16. The number of pyridine rings is 1. The van der Waals surface area contributed by atoms with Crippen LogP contribution in [-0.2, 0) is 13.0 Å². The van der Waals surface area contributed by atoms with Gasteiger partial charge in [-0.3, -0.25) is 0 Å². The van der Waals surface area contributed by atoms with Gasteiger partial charge in [0.1, 0.15) is 0 Å². The fraction of sp³-hybridized carbons (Fsp3) is 0.400. The van der Waals surface area contributed by atoms with E-state index in [1.807, 2.05) is 18.3 Å². The van der Waals surface area contributed by atoms with Crippen LogP contribution in [0, 0.1) is 0 Å². The summed E-state index contributed by atoms with van der Waals surface area (Å²) < 4.78 is 1.80. The number of hydrogen-bond acceptors (Lipinski definition) is 3. The Morgan fingerprint density at radius 3 is 3.07 bits per heavy atom. The van der Waals surface area contributed by atoms with Crippen molar-refractivity contribution in [3.8, 4) is 0 Å². The van der Waals surface area contributed by atoms with Crippen molar-refractivity contribution in [1.29, 1.82) is 0 Å². The molecule has 0 amide bonds. The molecule has 0 aliphatic carbocycles. The van der Waals surface area contributed by atoms with Gasteiger partial charge in [-0.15, -0.1) is 0 Å². The van der Waals surface area contributed by atoms with Gasteiger partial charge in [0.2, 0.25) is 0 Å². The number of fused-ring (bicyclic) bond motifs is 1. The van der Waals surface area contributed by atoms with E-state index in [0.717, 1.165) is 29.9 Å². The molecule has 0 atom stereocenters. The van der Waals surface area contributed by atoms with Gasteiger partial charge >= 0.3 is 0 Å². The molecule has 4 heteroatoms. The zero-order valence-corrected chi connectivity index (χ0v) is 8.27. The third kappa shape index (κ3) is 1.61. The first-order chi connectivity index (χ1) is 6.83. The van der Waals surface area contributed by atoms with E-state index in [1.54, 1.807) is 4.52 Å². The number of nitrogens with zero attached hydrogens (tertiary/aromatic N) is 3. The molecule has 14 heavy (non-hydrogen) atoms. The molecular weight excluding hydrogens is 176 g/mol. The third-order valence-corrected chi connectivity index (χ3v) is 2.16. The molecule has 0 fully saturated rings. The lowest BCUT2D eigenvalue weighted by Crippen LogP contribution is -1.97. The second-order valence-electron chi connectivity index (χ2n) is 3.32. The highest BCUT2D eigenvalue weighted by Crippen LogP contribution is 2.06. The highest BCUT2D eigenvalue weighted by Gasteiger charge is 2.02. The molecule has 0 saturated carbocycles. The fourth-order valence-electron chi connectivity index (χ4n) is 1.43. The number of nitrogens with two attached hydrogens (primary N) is 1. The summed E-state index contributed by atoms with van der Waals surface area (Å²) in [5, 5.41) is 4.34. The van der Waals surface area contributed by atoms with E-state index < -0.39 is 0 Å². The van der Waals surface area contributed by atoms with Crippen LogP contribution in [0.15, 0.2) is 18.3 Å². The highest BCUT2D eigenvalue weighted by atomic mass is 15.3. The largest absolute Gasteiger partial charge is 0.326 e. The van der Waals surface area contributed by atoms with Crippen LogP contribution in [-0.4, -0.2) is 14.6 Å². The van der Waals surface area contributed by atoms with E-state index in [2.05, 4.69) is 17.0 Å². The quantitative estimate of drug-likeness (QED) is 0.789. The van der Waals surface area contributed by atoms with Gasteiger partial charge in [0.15, 0.2) is 11.5 Å². The minimum absolute atomic E-state index is 0.548. The first kappa shape index (κ1) is 9.15. The van der Waals surface area contributed by atoms with Gasteiger partial charge < -0.3 is 5.73 Å². The molecule has 2 N–H and O–H groups in total. The number of aryl methyl sites for hydroxylation is 1. The summed E-state index contributed by atoms with van der Waals surface area (Å²) in [4.78, 5) is 4.41. The molecule has 2 aromatic rings. The summed E-state index contributed by atoms with van der Waals surface area (Å²) in [6.45, 7) is 2.67. The van der Waals surface area contributed by atoms with Gasteiger partial charge in [0, 0.05) is 19.2 Å². The lowest BCUT2D eigenvalue weighted by Gasteiger charge is -1.94. The molecule has 0 aliphatic heterocycles. The average molecular weight is 190 g/mol. The minimum Gasteiger partial charge on any atom is -0.326 e. The molecule has 0 bridgehead atoms. The van der Waals surface area contributed by atoms with Crippen LogP contribution in [0.1, 0.15) is 24.7 Å². The molecule has 0 radical (unpaired) electrons. The van der Waals surface area contributed by atoms with E-state index in [4.69, 9.17) is 5.73 Å². The molecule has 0 unspecified atom stereocenters. The van der Waals surface area contributed by atoms with E-state index in [1.165, 1.54) is 0 Å². The lowest BCUT2D eigenvalue weighted by atomic mass is 10.3. The molecule has 0 aromatic carbocycles. The fourth-order valence-corrected chi connectivity index (χ4v) is 1.43. The Balaban J connectivity index is 2.43. The second-order valence-corrected chi connectivity index (χ2v) is 3.32. The monoisotopic (exact) mass is 190 g/mol. The Bertz CT molecular complexity index is 433. The second kappa shape index (κ2) is 3.75. The van der Waals surface area contributed by atoms with Crippen molar-refractivity contribution in [3.05, 3.63) is 29.7 Å². The molecule has 0 saturated heterocycles. The summed E-state index contributed by atoms with van der Waals surface area (Å²) in [5.41, 5.74) is 7.53. The maximum absolute atomic E-state index is 5.55. The molecule has 74 valence electrons. The van der Waals surface area contributed by atoms with Crippen molar-refractivity contribution in [2.75, 3.05) is 0 Å². The number of rotatable bonds is 3. The maximum Gasteiger partial charge on any atom is 0.155 e. The van der Waals surface area contributed by atoms with Crippen LogP contribution >= 0.6 is 0 Å². The lowest BCUT2D eigenvalue weighted by molar-refractivity contribution is 0.818. The van der Waals surface area contributed by atoms with Crippen molar-refractivity contribution in [1.82, 2.24) is 14.6 Å². The van der Waals surface area contributed by atoms with Crippen LogP contribution in [0.3, 0.4) is 0 Å². The Morgan fingerprint density at radius 1 is 1.50 bits per heavy atom. The van der Waals surface area contributed by atoms with E-state index in [-0.39, 0.29) is 0 Å². The van der Waals surface area contributed by atoms with Crippen LogP contribution in [0.4, 0.5) is 0 Å². The van der Waals surface area contributed by atoms with Crippen LogP contribution in [0.2, 0.25) is 0 Å². The van der Waals surface area contributed by atoms with Crippen molar-refractivity contribution >= 4 is 5.65 Å². The van der Waals surface area contributed by atoms with Gasteiger partial charge in [-0.2, -0.15) is 5.10 Å². The zero-order valence-electron chi connectivity index (χ0n) is 8.27. The molecule has 2 aromatic heterocycles. The van der Waals surface area contributed by atoms with Crippen LogP contribution in [0.25, 0.3) is 5.65 Å². The molecule has 0 spiro atoms. The van der Waals surface area contributed by atoms with Crippen molar-refractivity contribution in [2.24, 2.45) is 5.73 Å².